The normalized spacial score (nSPS) is 31.2. The van der Waals surface area contributed by atoms with Crippen molar-refractivity contribution in [2.75, 3.05) is 32.2 Å². The van der Waals surface area contributed by atoms with E-state index < -0.39 is 10.8 Å². The van der Waals surface area contributed by atoms with Gasteiger partial charge in [-0.15, -0.1) is 0 Å². The number of methoxy groups -OCH3 is 2. The Morgan fingerprint density at radius 3 is 2.50 bits per heavy atom. The van der Waals surface area contributed by atoms with E-state index in [0.29, 0.717) is 18.5 Å². The quantitative estimate of drug-likeness (QED) is 0.654. The molecule has 0 aromatic heterocycles. The average molecular weight is 459 g/mol. The van der Waals surface area contributed by atoms with Gasteiger partial charge in [-0.1, -0.05) is 54.6 Å². The molecule has 2 saturated heterocycles. The van der Waals surface area contributed by atoms with Gasteiger partial charge in [0.15, 0.2) is 0 Å². The van der Waals surface area contributed by atoms with Crippen molar-refractivity contribution >= 4 is 17.6 Å². The predicted molar refractivity (Wildman–Crippen MR) is 128 cm³/mol. The maximum Gasteiger partial charge on any atom is 0.335 e. The van der Waals surface area contributed by atoms with Gasteiger partial charge in [-0.05, 0) is 49.5 Å². The second kappa shape index (κ2) is 7.70. The van der Waals surface area contributed by atoms with Crippen LogP contribution in [0.15, 0.2) is 66.2 Å². The first kappa shape index (κ1) is 21.4. The molecule has 0 bridgehead atoms. The number of para-hydroxylation sites is 1. The van der Waals surface area contributed by atoms with Gasteiger partial charge in [0.05, 0.1) is 25.8 Å². The number of hydrogen-bond donors (Lipinski definition) is 0. The first-order chi connectivity index (χ1) is 16.6. The zero-order chi connectivity index (χ0) is 23.5. The monoisotopic (exact) mass is 458 g/mol. The summed E-state index contributed by atoms with van der Waals surface area (Å²) in [6, 6.07) is 18.6. The molecule has 0 radical (unpaired) electrons. The van der Waals surface area contributed by atoms with Gasteiger partial charge in [-0.25, -0.2) is 4.79 Å². The minimum atomic E-state index is -0.862. The van der Waals surface area contributed by atoms with Crippen LogP contribution in [0.25, 0.3) is 0 Å². The van der Waals surface area contributed by atoms with E-state index in [1.807, 2.05) is 24.3 Å². The number of anilines is 1. The zero-order valence-electron chi connectivity index (χ0n) is 19.7. The molecule has 2 aromatic carbocycles. The lowest BCUT2D eigenvalue weighted by Crippen LogP contribution is -2.66. The third-order valence-electron chi connectivity index (χ3n) is 8.59. The van der Waals surface area contributed by atoms with Crippen LogP contribution in [0, 0.1) is 5.41 Å². The molecule has 3 aliphatic heterocycles. The van der Waals surface area contributed by atoms with Gasteiger partial charge in [0.1, 0.15) is 5.41 Å². The summed E-state index contributed by atoms with van der Waals surface area (Å²) in [4.78, 5) is 31.7. The lowest BCUT2D eigenvalue weighted by atomic mass is 9.54. The highest BCUT2D eigenvalue weighted by Gasteiger charge is 2.71. The van der Waals surface area contributed by atoms with Gasteiger partial charge in [-0.2, -0.15) is 0 Å². The van der Waals surface area contributed by atoms with E-state index in [-0.39, 0.29) is 24.0 Å². The molecule has 1 unspecified atom stereocenters. The summed E-state index contributed by atoms with van der Waals surface area (Å²) in [6.45, 7) is 2.53. The Hall–Kier alpha value is -3.12. The van der Waals surface area contributed by atoms with Crippen LogP contribution in [-0.4, -0.2) is 56.2 Å². The second-order valence-corrected chi connectivity index (χ2v) is 9.99. The van der Waals surface area contributed by atoms with Crippen LogP contribution in [0.2, 0.25) is 0 Å². The van der Waals surface area contributed by atoms with Crippen LogP contribution in [-0.2, 0) is 31.0 Å². The Morgan fingerprint density at radius 1 is 0.971 bits per heavy atom. The summed E-state index contributed by atoms with van der Waals surface area (Å²) in [5.41, 5.74) is 2.88. The van der Waals surface area contributed by atoms with E-state index >= 15 is 0 Å². The van der Waals surface area contributed by atoms with Gasteiger partial charge >= 0.3 is 11.9 Å². The van der Waals surface area contributed by atoms with E-state index in [0.717, 1.165) is 31.6 Å². The van der Waals surface area contributed by atoms with E-state index in [1.165, 1.54) is 25.3 Å². The van der Waals surface area contributed by atoms with Crippen molar-refractivity contribution in [3.63, 3.8) is 0 Å². The molecular formula is C28H30N2O4. The fraction of sp³-hybridized carbons (Fsp3) is 0.429. The molecule has 2 fully saturated rings. The van der Waals surface area contributed by atoms with Crippen molar-refractivity contribution in [1.29, 1.82) is 0 Å². The SMILES string of the molecule is COC(=O)C1=C[C@]2(C(=O)OC)CCCN3CC[C@@]4(c5ccccc5N(Cc5ccccc5)[C@@H]14)C32. The number of rotatable bonds is 4. The van der Waals surface area contributed by atoms with Crippen LogP contribution in [0.1, 0.15) is 30.4 Å². The van der Waals surface area contributed by atoms with Crippen molar-refractivity contribution < 1.29 is 19.1 Å². The number of esters is 2. The van der Waals surface area contributed by atoms with E-state index in [2.05, 4.69) is 46.2 Å². The standard InChI is InChI=1S/C28H30N2O4/c1-33-24(31)20-17-27(26(32)34-2)13-8-15-29-16-14-28(25(27)29)21-11-6-7-12-22(21)30(23(20)28)18-19-9-4-3-5-10-19/h3-7,9-12,17,23,25H,8,13-16,18H2,1-2H3/t23-,25?,27+,28-/m0/s1. The Bertz CT molecular complexity index is 1180. The summed E-state index contributed by atoms with van der Waals surface area (Å²) in [5, 5.41) is 0. The van der Waals surface area contributed by atoms with Crippen LogP contribution in [0.3, 0.4) is 0 Å². The van der Waals surface area contributed by atoms with Gasteiger partial charge in [0.25, 0.3) is 0 Å². The lowest BCUT2D eigenvalue weighted by molar-refractivity contribution is -0.158. The molecule has 0 saturated carbocycles. The van der Waals surface area contributed by atoms with E-state index in [4.69, 9.17) is 9.47 Å². The minimum Gasteiger partial charge on any atom is -0.468 e. The number of benzene rings is 2. The lowest BCUT2D eigenvalue weighted by Gasteiger charge is -2.55. The van der Waals surface area contributed by atoms with Crippen molar-refractivity contribution in [2.45, 2.75) is 43.3 Å². The maximum atomic E-state index is 13.5. The summed E-state index contributed by atoms with van der Waals surface area (Å²) < 4.78 is 10.8. The molecule has 0 N–H and O–H groups in total. The van der Waals surface area contributed by atoms with Gasteiger partial charge in [0.2, 0.25) is 0 Å². The average Bonchev–Trinajstić information content (AvgIpc) is 3.41. The maximum absolute atomic E-state index is 13.5. The highest BCUT2D eigenvalue weighted by atomic mass is 16.5. The fourth-order valence-electron chi connectivity index (χ4n) is 7.57. The van der Waals surface area contributed by atoms with Crippen molar-refractivity contribution in [1.82, 2.24) is 4.90 Å². The number of hydrogen-bond acceptors (Lipinski definition) is 6. The van der Waals surface area contributed by atoms with Crippen molar-refractivity contribution in [3.05, 3.63) is 77.4 Å². The summed E-state index contributed by atoms with van der Waals surface area (Å²) in [5.74, 6) is -0.608. The molecule has 1 aliphatic carbocycles. The molecule has 6 rings (SSSR count). The molecule has 1 spiro atoms. The topological polar surface area (TPSA) is 59.1 Å². The summed E-state index contributed by atoms with van der Waals surface area (Å²) in [7, 11) is 2.89. The van der Waals surface area contributed by atoms with E-state index in [9.17, 15) is 9.59 Å². The third kappa shape index (κ3) is 2.66. The zero-order valence-corrected chi connectivity index (χ0v) is 19.7. The Labute approximate surface area is 200 Å². The van der Waals surface area contributed by atoms with E-state index in [1.54, 1.807) is 0 Å². The van der Waals surface area contributed by atoms with Gasteiger partial charge in [0, 0.05) is 23.7 Å². The molecule has 176 valence electrons. The summed E-state index contributed by atoms with van der Waals surface area (Å²) in [6.07, 6.45) is 4.39. The van der Waals surface area contributed by atoms with Crippen molar-refractivity contribution in [2.24, 2.45) is 5.41 Å². The number of carbonyl (C=O) groups is 2. The molecule has 6 nitrogen and oxygen atoms in total. The first-order valence-corrected chi connectivity index (χ1v) is 12.1. The smallest absolute Gasteiger partial charge is 0.335 e. The highest BCUT2D eigenvalue weighted by molar-refractivity contribution is 5.96. The molecule has 4 aliphatic rings. The second-order valence-electron chi connectivity index (χ2n) is 9.99. The number of ether oxygens (including phenoxy) is 2. The van der Waals surface area contributed by atoms with Crippen LogP contribution < -0.4 is 4.90 Å². The molecule has 4 atom stereocenters. The molecule has 3 heterocycles. The van der Waals surface area contributed by atoms with Crippen LogP contribution in [0.4, 0.5) is 5.69 Å². The summed E-state index contributed by atoms with van der Waals surface area (Å²) >= 11 is 0. The number of fused-ring (bicyclic) bond motifs is 1. The molecule has 2 aromatic rings. The fourth-order valence-corrected chi connectivity index (χ4v) is 7.57. The molecular weight excluding hydrogens is 428 g/mol. The molecule has 34 heavy (non-hydrogen) atoms. The predicted octanol–water partition coefficient (Wildman–Crippen LogP) is 3.45. The Kier molecular flexibility index (Phi) is 4.85. The minimum absolute atomic E-state index is 0.0541. The number of piperidine rings is 1. The number of carbonyl (C=O) groups excluding carboxylic acids is 2. The Morgan fingerprint density at radius 2 is 1.74 bits per heavy atom. The largest absolute Gasteiger partial charge is 0.468 e. The third-order valence-corrected chi connectivity index (χ3v) is 8.59. The van der Waals surface area contributed by atoms with Crippen LogP contribution >= 0.6 is 0 Å². The Balaban J connectivity index is 1.63. The molecule has 0 amide bonds. The van der Waals surface area contributed by atoms with Crippen LogP contribution in [0.5, 0.6) is 0 Å². The highest BCUT2D eigenvalue weighted by Crippen LogP contribution is 2.64. The van der Waals surface area contributed by atoms with Gasteiger partial charge in [-0.3, -0.25) is 9.69 Å². The number of nitrogens with zero attached hydrogens (tertiary/aromatic N) is 2. The van der Waals surface area contributed by atoms with Gasteiger partial charge < -0.3 is 14.4 Å². The van der Waals surface area contributed by atoms with Crippen molar-refractivity contribution in [3.8, 4) is 0 Å². The molecule has 6 heteroatoms. The first-order valence-electron chi connectivity index (χ1n) is 12.1.